The molecule has 0 N–H and O–H groups in total. The van der Waals surface area contributed by atoms with Gasteiger partial charge in [-0.15, -0.1) is 0 Å². The highest BCUT2D eigenvalue weighted by molar-refractivity contribution is 9.10. The van der Waals surface area contributed by atoms with Gasteiger partial charge in [0.05, 0.1) is 0 Å². The smallest absolute Gasteiger partial charge is 0.208 e. The van der Waals surface area contributed by atoms with Crippen LogP contribution in [0.1, 0.15) is 43.2 Å². The van der Waals surface area contributed by atoms with Crippen molar-refractivity contribution in [1.82, 2.24) is 0 Å². The zero-order chi connectivity index (χ0) is 13.7. The van der Waals surface area contributed by atoms with Crippen LogP contribution in [0.2, 0.25) is 0 Å². The maximum atomic E-state index is 9.26. The van der Waals surface area contributed by atoms with Gasteiger partial charge in [0.25, 0.3) is 0 Å². The number of nitriles is 1. The number of hydrogen-bond donors (Lipinski definition) is 0. The zero-order valence-corrected chi connectivity index (χ0v) is 12.9. The van der Waals surface area contributed by atoms with Gasteiger partial charge in [0, 0.05) is 15.4 Å². The summed E-state index contributed by atoms with van der Waals surface area (Å²) in [6.45, 7) is 10.4. The van der Waals surface area contributed by atoms with Crippen LogP contribution in [-0.4, -0.2) is 0 Å². The van der Waals surface area contributed by atoms with Crippen molar-refractivity contribution in [3.8, 4) is 6.07 Å². The van der Waals surface area contributed by atoms with Gasteiger partial charge in [-0.05, 0) is 36.5 Å². The molecule has 94 valence electrons. The summed E-state index contributed by atoms with van der Waals surface area (Å²) >= 11 is 3.61. The molecule has 2 aromatic rings. The Morgan fingerprint density at radius 1 is 1.28 bits per heavy atom. The van der Waals surface area contributed by atoms with Gasteiger partial charge in [0.1, 0.15) is 11.7 Å². The lowest BCUT2D eigenvalue weighted by Crippen LogP contribution is -2.12. The Hall–Kier alpha value is -1.27. The van der Waals surface area contributed by atoms with Gasteiger partial charge in [-0.2, -0.15) is 5.26 Å². The molecule has 2 rings (SSSR count). The van der Waals surface area contributed by atoms with E-state index in [1.165, 1.54) is 0 Å². The molecule has 0 spiro atoms. The van der Waals surface area contributed by atoms with Crippen LogP contribution in [0.15, 0.2) is 15.0 Å². The minimum atomic E-state index is -0.115. The van der Waals surface area contributed by atoms with Gasteiger partial charge in [0.2, 0.25) is 5.76 Å². The molecule has 0 amide bonds. The molecule has 1 aromatic heterocycles. The molecule has 0 aliphatic carbocycles. The maximum absolute atomic E-state index is 9.26. The topological polar surface area (TPSA) is 36.9 Å². The summed E-state index contributed by atoms with van der Waals surface area (Å²) in [6, 6.07) is 4.16. The first-order valence-corrected chi connectivity index (χ1v) is 6.69. The Kier molecular flexibility index (Phi) is 3.03. The number of fused-ring (bicyclic) bond motifs is 1. The summed E-state index contributed by atoms with van der Waals surface area (Å²) in [7, 11) is 0. The van der Waals surface area contributed by atoms with E-state index in [2.05, 4.69) is 49.7 Å². The van der Waals surface area contributed by atoms with Crippen molar-refractivity contribution in [3.63, 3.8) is 0 Å². The van der Waals surface area contributed by atoms with E-state index in [0.717, 1.165) is 32.1 Å². The first kappa shape index (κ1) is 13.2. The highest BCUT2D eigenvalue weighted by Crippen LogP contribution is 2.40. The summed E-state index contributed by atoms with van der Waals surface area (Å²) < 4.78 is 6.80. The predicted molar refractivity (Wildman–Crippen MR) is 76.8 cm³/mol. The van der Waals surface area contributed by atoms with Gasteiger partial charge in [-0.25, -0.2) is 0 Å². The fraction of sp³-hybridized carbons (Fsp3) is 0.400. The van der Waals surface area contributed by atoms with Crippen LogP contribution in [-0.2, 0) is 5.41 Å². The van der Waals surface area contributed by atoms with Crippen LogP contribution in [0.25, 0.3) is 11.0 Å². The summed E-state index contributed by atoms with van der Waals surface area (Å²) in [5.41, 5.74) is 3.95. The Balaban J connectivity index is 3.01. The third-order valence-electron chi connectivity index (χ3n) is 3.19. The second-order valence-corrected chi connectivity index (χ2v) is 6.47. The van der Waals surface area contributed by atoms with Crippen LogP contribution in [0, 0.1) is 25.2 Å². The van der Waals surface area contributed by atoms with Crippen molar-refractivity contribution in [3.05, 3.63) is 33.0 Å². The fourth-order valence-electron chi connectivity index (χ4n) is 2.38. The second-order valence-electron chi connectivity index (χ2n) is 5.67. The molecule has 0 unspecified atom stereocenters. The highest BCUT2D eigenvalue weighted by Gasteiger charge is 2.27. The van der Waals surface area contributed by atoms with E-state index in [1.807, 2.05) is 13.0 Å². The average Bonchev–Trinajstić information content (AvgIpc) is 2.64. The van der Waals surface area contributed by atoms with Crippen molar-refractivity contribution in [2.75, 3.05) is 0 Å². The molecule has 0 atom stereocenters. The molecule has 1 heterocycles. The van der Waals surface area contributed by atoms with E-state index < -0.39 is 0 Å². The predicted octanol–water partition coefficient (Wildman–Crippen LogP) is 4.98. The number of benzene rings is 1. The lowest BCUT2D eigenvalue weighted by molar-refractivity contribution is 0.546. The summed E-state index contributed by atoms with van der Waals surface area (Å²) in [5.74, 6) is 0.429. The zero-order valence-electron chi connectivity index (χ0n) is 11.3. The molecular weight excluding hydrogens is 290 g/mol. The van der Waals surface area contributed by atoms with E-state index in [9.17, 15) is 5.26 Å². The molecule has 0 bridgehead atoms. The molecule has 0 aliphatic rings. The van der Waals surface area contributed by atoms with Crippen molar-refractivity contribution in [2.24, 2.45) is 0 Å². The van der Waals surface area contributed by atoms with Crippen LogP contribution in [0.4, 0.5) is 0 Å². The molecule has 0 fully saturated rings. The van der Waals surface area contributed by atoms with Crippen LogP contribution in [0.3, 0.4) is 0 Å². The number of nitrogens with zero attached hydrogens (tertiary/aromatic N) is 1. The lowest BCUT2D eigenvalue weighted by atomic mass is 9.83. The number of aryl methyl sites for hydroxylation is 2. The Morgan fingerprint density at radius 3 is 2.39 bits per heavy atom. The van der Waals surface area contributed by atoms with Gasteiger partial charge in [-0.1, -0.05) is 36.7 Å². The van der Waals surface area contributed by atoms with Gasteiger partial charge in [0.15, 0.2) is 0 Å². The first-order valence-electron chi connectivity index (χ1n) is 5.90. The van der Waals surface area contributed by atoms with Crippen LogP contribution in [0.5, 0.6) is 0 Å². The van der Waals surface area contributed by atoms with Crippen molar-refractivity contribution in [1.29, 1.82) is 5.26 Å². The third-order valence-corrected chi connectivity index (χ3v) is 4.41. The summed E-state index contributed by atoms with van der Waals surface area (Å²) in [4.78, 5) is 0. The van der Waals surface area contributed by atoms with E-state index in [1.54, 1.807) is 0 Å². The van der Waals surface area contributed by atoms with E-state index >= 15 is 0 Å². The van der Waals surface area contributed by atoms with E-state index in [4.69, 9.17) is 4.42 Å². The second kappa shape index (κ2) is 4.13. The van der Waals surface area contributed by atoms with Gasteiger partial charge >= 0.3 is 0 Å². The molecule has 0 saturated heterocycles. The maximum Gasteiger partial charge on any atom is 0.208 e. The monoisotopic (exact) mass is 305 g/mol. The molecule has 0 aliphatic heterocycles. The Morgan fingerprint density at radius 2 is 1.89 bits per heavy atom. The number of rotatable bonds is 0. The standard InChI is InChI=1S/C15H16BrNO/c1-8-6-10-12(9(2)14(8)16)13(15(3,4)5)11(7-17)18-10/h6H,1-5H3. The Labute approximate surface area is 116 Å². The van der Waals surface area contributed by atoms with Crippen molar-refractivity contribution in [2.45, 2.75) is 40.0 Å². The molecule has 18 heavy (non-hydrogen) atoms. The molecule has 3 heteroatoms. The number of halogens is 1. The lowest BCUT2D eigenvalue weighted by Gasteiger charge is -2.18. The number of furan rings is 1. The molecule has 2 nitrogen and oxygen atoms in total. The molecular formula is C15H16BrNO. The molecule has 1 aromatic carbocycles. The average molecular weight is 306 g/mol. The van der Waals surface area contributed by atoms with Crippen molar-refractivity contribution < 1.29 is 4.42 Å². The normalized spacial score (nSPS) is 11.8. The SMILES string of the molecule is Cc1cc2oc(C#N)c(C(C)(C)C)c2c(C)c1Br. The first-order chi connectivity index (χ1) is 8.27. The van der Waals surface area contributed by atoms with E-state index in [-0.39, 0.29) is 5.41 Å². The Bertz CT molecular complexity index is 669. The van der Waals surface area contributed by atoms with Crippen molar-refractivity contribution >= 4 is 26.9 Å². The van der Waals surface area contributed by atoms with Crippen LogP contribution >= 0.6 is 15.9 Å². The largest absolute Gasteiger partial charge is 0.445 e. The quantitative estimate of drug-likeness (QED) is 0.688. The third kappa shape index (κ3) is 1.85. The van der Waals surface area contributed by atoms with Gasteiger partial charge < -0.3 is 4.42 Å². The molecule has 0 radical (unpaired) electrons. The van der Waals surface area contributed by atoms with E-state index in [0.29, 0.717) is 5.76 Å². The summed E-state index contributed by atoms with van der Waals surface area (Å²) in [6.07, 6.45) is 0. The highest BCUT2D eigenvalue weighted by atomic mass is 79.9. The fourth-order valence-corrected chi connectivity index (χ4v) is 2.70. The minimum Gasteiger partial charge on any atom is -0.445 e. The van der Waals surface area contributed by atoms with Crippen LogP contribution < -0.4 is 0 Å². The van der Waals surface area contributed by atoms with Gasteiger partial charge in [-0.3, -0.25) is 0 Å². The minimum absolute atomic E-state index is 0.115. The molecule has 0 saturated carbocycles. The summed E-state index contributed by atoms with van der Waals surface area (Å²) in [5, 5.41) is 10.3. The number of hydrogen-bond acceptors (Lipinski definition) is 2.